The van der Waals surface area contributed by atoms with Crippen molar-refractivity contribution in [2.45, 2.75) is 19.4 Å². The van der Waals surface area contributed by atoms with Crippen molar-refractivity contribution in [2.75, 3.05) is 7.05 Å². The summed E-state index contributed by atoms with van der Waals surface area (Å²) in [6, 6.07) is 14.4. The lowest BCUT2D eigenvalue weighted by Gasteiger charge is -2.16. The molecule has 0 aliphatic carbocycles. The molecule has 2 heterocycles. The lowest BCUT2D eigenvalue weighted by atomic mass is 10.2. The van der Waals surface area contributed by atoms with Gasteiger partial charge in [0.15, 0.2) is 11.7 Å². The molecule has 0 fully saturated rings. The van der Waals surface area contributed by atoms with Gasteiger partial charge in [0.2, 0.25) is 5.91 Å². The molecule has 4 aromatic rings. The smallest absolute Gasteiger partial charge is 0.258 e. The van der Waals surface area contributed by atoms with Gasteiger partial charge in [0, 0.05) is 25.5 Å². The summed E-state index contributed by atoms with van der Waals surface area (Å²) in [7, 11) is 1.67. The van der Waals surface area contributed by atoms with Crippen molar-refractivity contribution in [3.05, 3.63) is 81.8 Å². The number of H-pyrrole nitrogens is 1. The van der Waals surface area contributed by atoms with Crippen molar-refractivity contribution >= 4 is 28.4 Å². The zero-order valence-corrected chi connectivity index (χ0v) is 17.0. The number of carbonyl (C=O) groups is 1. The van der Waals surface area contributed by atoms with Gasteiger partial charge in [0.05, 0.1) is 28.7 Å². The molecule has 7 nitrogen and oxygen atoms in total. The Morgan fingerprint density at radius 1 is 1.17 bits per heavy atom. The molecule has 0 saturated carbocycles. The second kappa shape index (κ2) is 8.51. The summed E-state index contributed by atoms with van der Waals surface area (Å²) in [5.41, 5.74) is 1.14. The number of aromatic nitrogens is 3. The first-order valence-corrected chi connectivity index (χ1v) is 9.80. The molecule has 0 saturated heterocycles. The van der Waals surface area contributed by atoms with Crippen LogP contribution in [0.5, 0.6) is 0 Å². The fraction of sp³-hybridized carbons (Fsp3) is 0.182. The molecule has 0 atom stereocenters. The zero-order chi connectivity index (χ0) is 21.1. The van der Waals surface area contributed by atoms with Crippen LogP contribution in [0.2, 0.25) is 5.02 Å². The Labute approximate surface area is 177 Å². The van der Waals surface area contributed by atoms with Gasteiger partial charge in [-0.05, 0) is 24.3 Å². The summed E-state index contributed by atoms with van der Waals surface area (Å²) in [5, 5.41) is 1.10. The highest BCUT2D eigenvalue weighted by atomic mass is 35.5. The molecule has 0 aliphatic heterocycles. The molecule has 0 spiro atoms. The van der Waals surface area contributed by atoms with Crippen molar-refractivity contribution < 1.29 is 9.21 Å². The van der Waals surface area contributed by atoms with E-state index in [0.717, 1.165) is 5.56 Å². The summed E-state index contributed by atoms with van der Waals surface area (Å²) in [5.74, 6) is 1.35. The van der Waals surface area contributed by atoms with Gasteiger partial charge in [0.1, 0.15) is 5.82 Å². The molecule has 30 heavy (non-hydrogen) atoms. The molecule has 4 rings (SSSR count). The molecule has 0 unspecified atom stereocenters. The van der Waals surface area contributed by atoms with Crippen LogP contribution in [-0.4, -0.2) is 32.8 Å². The number of halogens is 1. The van der Waals surface area contributed by atoms with E-state index in [2.05, 4.69) is 15.0 Å². The van der Waals surface area contributed by atoms with Gasteiger partial charge in [-0.25, -0.2) is 9.97 Å². The third-order valence-electron chi connectivity index (χ3n) is 4.72. The number of aryl methyl sites for hydroxylation is 1. The Kier molecular flexibility index (Phi) is 5.63. The maximum atomic E-state index is 12.5. The number of oxazole rings is 1. The molecule has 2 aromatic heterocycles. The largest absolute Gasteiger partial charge is 0.441 e. The second-order valence-corrected chi connectivity index (χ2v) is 7.28. The van der Waals surface area contributed by atoms with Gasteiger partial charge in [-0.15, -0.1) is 0 Å². The van der Waals surface area contributed by atoms with Crippen LogP contribution in [0.4, 0.5) is 0 Å². The van der Waals surface area contributed by atoms with Crippen LogP contribution < -0.4 is 5.56 Å². The van der Waals surface area contributed by atoms with Crippen molar-refractivity contribution in [2.24, 2.45) is 0 Å². The normalized spacial score (nSPS) is 11.0. The van der Waals surface area contributed by atoms with Gasteiger partial charge in [-0.2, -0.15) is 0 Å². The van der Waals surface area contributed by atoms with Crippen molar-refractivity contribution in [1.29, 1.82) is 0 Å². The average molecular weight is 423 g/mol. The topological polar surface area (TPSA) is 92.1 Å². The molecular formula is C22H19ClN4O3. The molecule has 8 heteroatoms. The Morgan fingerprint density at radius 2 is 1.93 bits per heavy atom. The molecule has 0 aliphatic rings. The Hall–Kier alpha value is -3.45. The monoisotopic (exact) mass is 422 g/mol. The second-order valence-electron chi connectivity index (χ2n) is 6.88. The van der Waals surface area contributed by atoms with Crippen molar-refractivity contribution in [1.82, 2.24) is 19.9 Å². The Balaban J connectivity index is 1.39. The lowest BCUT2D eigenvalue weighted by molar-refractivity contribution is -0.130. The maximum absolute atomic E-state index is 12.5. The number of nitrogens with zero attached hydrogens (tertiary/aromatic N) is 3. The fourth-order valence-electron chi connectivity index (χ4n) is 3.14. The minimum Gasteiger partial charge on any atom is -0.441 e. The van der Waals surface area contributed by atoms with E-state index in [1.165, 1.54) is 4.90 Å². The average Bonchev–Trinajstić information content (AvgIpc) is 3.21. The molecule has 152 valence electrons. The summed E-state index contributed by atoms with van der Waals surface area (Å²) < 4.78 is 5.74. The third-order valence-corrected chi connectivity index (χ3v) is 5.05. The molecule has 1 N–H and O–H groups in total. The number of hydrogen-bond acceptors (Lipinski definition) is 5. The van der Waals surface area contributed by atoms with E-state index in [-0.39, 0.29) is 24.4 Å². The first-order valence-electron chi connectivity index (χ1n) is 9.43. The minimum atomic E-state index is -0.219. The van der Waals surface area contributed by atoms with Crippen LogP contribution in [0.25, 0.3) is 22.2 Å². The Morgan fingerprint density at radius 3 is 2.77 bits per heavy atom. The predicted octanol–water partition coefficient (Wildman–Crippen LogP) is 3.82. The van der Waals surface area contributed by atoms with E-state index in [1.54, 1.807) is 37.5 Å². The standard InChI is InChI=1S/C22H19ClN4O3/c1-27(13-19-25-17-9-5-3-7-15(17)22(29)26-19)21(28)11-10-20-24-12-18(30-20)14-6-2-4-8-16(14)23/h2-9,12H,10-11,13H2,1H3,(H,25,26,29). The van der Waals surface area contributed by atoms with E-state index >= 15 is 0 Å². The minimum absolute atomic E-state index is 0.108. The number of hydrogen-bond donors (Lipinski definition) is 1. The first-order chi connectivity index (χ1) is 14.5. The van der Waals surface area contributed by atoms with Gasteiger partial charge in [-0.3, -0.25) is 9.59 Å². The van der Waals surface area contributed by atoms with E-state index < -0.39 is 0 Å². The van der Waals surface area contributed by atoms with Crippen molar-refractivity contribution in [3.63, 3.8) is 0 Å². The highest BCUT2D eigenvalue weighted by molar-refractivity contribution is 6.33. The predicted molar refractivity (Wildman–Crippen MR) is 114 cm³/mol. The van der Waals surface area contributed by atoms with E-state index in [1.807, 2.05) is 24.3 Å². The number of para-hydroxylation sites is 1. The highest BCUT2D eigenvalue weighted by Gasteiger charge is 2.15. The van der Waals surface area contributed by atoms with Gasteiger partial charge < -0.3 is 14.3 Å². The highest BCUT2D eigenvalue weighted by Crippen LogP contribution is 2.28. The molecule has 2 aromatic carbocycles. The maximum Gasteiger partial charge on any atom is 0.258 e. The van der Waals surface area contributed by atoms with Gasteiger partial charge >= 0.3 is 0 Å². The van der Waals surface area contributed by atoms with E-state index in [0.29, 0.717) is 39.8 Å². The number of fused-ring (bicyclic) bond motifs is 1. The van der Waals surface area contributed by atoms with Gasteiger partial charge in [0.25, 0.3) is 5.56 Å². The van der Waals surface area contributed by atoms with Gasteiger partial charge in [-0.1, -0.05) is 35.9 Å². The van der Waals surface area contributed by atoms with E-state index in [9.17, 15) is 9.59 Å². The number of carbonyl (C=O) groups excluding carboxylic acids is 1. The quantitative estimate of drug-likeness (QED) is 0.510. The number of aromatic amines is 1. The number of amides is 1. The Bertz CT molecular complexity index is 1260. The summed E-state index contributed by atoms with van der Waals surface area (Å²) in [6.07, 6.45) is 2.18. The number of benzene rings is 2. The molecule has 1 amide bonds. The zero-order valence-electron chi connectivity index (χ0n) is 16.3. The third kappa shape index (κ3) is 4.26. The van der Waals surface area contributed by atoms with Crippen LogP contribution in [0.15, 0.2) is 63.9 Å². The van der Waals surface area contributed by atoms with Crippen LogP contribution in [0.3, 0.4) is 0 Å². The summed E-state index contributed by atoms with van der Waals surface area (Å²) >= 11 is 6.18. The molecule has 0 bridgehead atoms. The SMILES string of the molecule is CN(Cc1nc2ccccc2c(=O)[nH]1)C(=O)CCc1ncc(-c2ccccc2Cl)o1. The van der Waals surface area contributed by atoms with Crippen LogP contribution in [0.1, 0.15) is 18.1 Å². The summed E-state index contributed by atoms with van der Waals surface area (Å²) in [4.78, 5) is 37.6. The van der Waals surface area contributed by atoms with E-state index in [4.69, 9.17) is 16.0 Å². The molecule has 0 radical (unpaired) electrons. The fourth-order valence-corrected chi connectivity index (χ4v) is 3.37. The number of rotatable bonds is 6. The number of nitrogens with one attached hydrogen (secondary N) is 1. The first kappa shape index (κ1) is 19.8. The lowest BCUT2D eigenvalue weighted by Crippen LogP contribution is -2.28. The van der Waals surface area contributed by atoms with Crippen molar-refractivity contribution in [3.8, 4) is 11.3 Å². The van der Waals surface area contributed by atoms with Crippen LogP contribution in [0, 0.1) is 0 Å². The van der Waals surface area contributed by atoms with Crippen LogP contribution in [-0.2, 0) is 17.8 Å². The molecular weight excluding hydrogens is 404 g/mol. The summed E-state index contributed by atoms with van der Waals surface area (Å²) in [6.45, 7) is 0.204. The van der Waals surface area contributed by atoms with Crippen LogP contribution >= 0.6 is 11.6 Å².